The molecule has 7 nitrogen and oxygen atoms in total. The standard InChI is InChI=1S/C16H14N4O3/c1-18-14-7-6-12(9-15(14)19(2)16(18)21)17-10-11-4-3-5-13(8-11)20(22)23/h3-10H,1-2H3. The Balaban J connectivity index is 1.98. The number of aromatic nitrogens is 2. The SMILES string of the molecule is Cn1c(=O)n(C)c2cc(N=Cc3cccc([N+](=O)[O-])c3)ccc21. The molecule has 2 aromatic carbocycles. The molecule has 0 aliphatic heterocycles. The predicted molar refractivity (Wildman–Crippen MR) is 88.5 cm³/mol. The lowest BCUT2D eigenvalue weighted by Crippen LogP contribution is -2.19. The van der Waals surface area contributed by atoms with E-state index in [0.717, 1.165) is 11.0 Å². The molecule has 3 aromatic rings. The molecule has 0 aliphatic rings. The van der Waals surface area contributed by atoms with E-state index in [1.54, 1.807) is 47.6 Å². The van der Waals surface area contributed by atoms with Crippen LogP contribution in [0.5, 0.6) is 0 Å². The number of benzene rings is 2. The van der Waals surface area contributed by atoms with Gasteiger partial charge >= 0.3 is 5.69 Å². The summed E-state index contributed by atoms with van der Waals surface area (Å²) in [5, 5.41) is 10.8. The van der Waals surface area contributed by atoms with Gasteiger partial charge in [-0.15, -0.1) is 0 Å². The molecule has 0 amide bonds. The van der Waals surface area contributed by atoms with E-state index in [2.05, 4.69) is 4.99 Å². The first kappa shape index (κ1) is 14.7. The number of nitrogens with zero attached hydrogens (tertiary/aromatic N) is 4. The number of non-ortho nitro benzene ring substituents is 1. The van der Waals surface area contributed by atoms with Crippen LogP contribution in [-0.4, -0.2) is 20.3 Å². The molecule has 0 N–H and O–H groups in total. The van der Waals surface area contributed by atoms with Crippen molar-refractivity contribution >= 4 is 28.6 Å². The van der Waals surface area contributed by atoms with Crippen molar-refractivity contribution in [2.75, 3.05) is 0 Å². The summed E-state index contributed by atoms with van der Waals surface area (Å²) in [5.41, 5.74) is 2.85. The van der Waals surface area contributed by atoms with Gasteiger partial charge in [0.1, 0.15) is 0 Å². The zero-order valence-corrected chi connectivity index (χ0v) is 12.6. The van der Waals surface area contributed by atoms with E-state index in [4.69, 9.17) is 0 Å². The Kier molecular flexibility index (Phi) is 3.53. The van der Waals surface area contributed by atoms with Crippen molar-refractivity contribution < 1.29 is 4.92 Å². The Morgan fingerprint density at radius 3 is 2.57 bits per heavy atom. The maximum atomic E-state index is 11.9. The second-order valence-electron chi connectivity index (χ2n) is 5.18. The summed E-state index contributed by atoms with van der Waals surface area (Å²) in [6.45, 7) is 0. The highest BCUT2D eigenvalue weighted by atomic mass is 16.6. The smallest absolute Gasteiger partial charge is 0.295 e. The fraction of sp³-hybridized carbons (Fsp3) is 0.125. The Morgan fingerprint density at radius 2 is 1.83 bits per heavy atom. The number of imidazole rings is 1. The summed E-state index contributed by atoms with van der Waals surface area (Å²) in [6.07, 6.45) is 1.56. The molecule has 0 spiro atoms. The fourth-order valence-electron chi connectivity index (χ4n) is 2.44. The van der Waals surface area contributed by atoms with Gasteiger partial charge in [-0.1, -0.05) is 12.1 Å². The van der Waals surface area contributed by atoms with Crippen LogP contribution in [0.1, 0.15) is 5.56 Å². The van der Waals surface area contributed by atoms with Crippen LogP contribution in [0.15, 0.2) is 52.3 Å². The van der Waals surface area contributed by atoms with Gasteiger partial charge in [0, 0.05) is 32.4 Å². The highest BCUT2D eigenvalue weighted by Gasteiger charge is 2.08. The molecule has 23 heavy (non-hydrogen) atoms. The van der Waals surface area contributed by atoms with Gasteiger partial charge in [0.25, 0.3) is 5.69 Å². The van der Waals surface area contributed by atoms with E-state index in [1.807, 2.05) is 12.1 Å². The van der Waals surface area contributed by atoms with Crippen molar-refractivity contribution in [3.8, 4) is 0 Å². The van der Waals surface area contributed by atoms with E-state index in [0.29, 0.717) is 11.3 Å². The predicted octanol–water partition coefficient (Wildman–Crippen LogP) is 2.54. The van der Waals surface area contributed by atoms with Crippen LogP contribution in [0.3, 0.4) is 0 Å². The summed E-state index contributed by atoms with van der Waals surface area (Å²) in [5.74, 6) is 0. The summed E-state index contributed by atoms with van der Waals surface area (Å²) < 4.78 is 3.13. The molecule has 0 saturated carbocycles. The molecule has 0 fully saturated rings. The van der Waals surface area contributed by atoms with Gasteiger partial charge in [0.15, 0.2) is 0 Å². The van der Waals surface area contributed by atoms with Gasteiger partial charge in [-0.2, -0.15) is 0 Å². The van der Waals surface area contributed by atoms with Crippen molar-refractivity contribution in [1.82, 2.24) is 9.13 Å². The Morgan fingerprint density at radius 1 is 1.09 bits per heavy atom. The van der Waals surface area contributed by atoms with E-state index < -0.39 is 4.92 Å². The van der Waals surface area contributed by atoms with Crippen LogP contribution in [0.2, 0.25) is 0 Å². The molecule has 0 aliphatic carbocycles. The van der Waals surface area contributed by atoms with Gasteiger partial charge in [0.2, 0.25) is 0 Å². The lowest BCUT2D eigenvalue weighted by Gasteiger charge is -1.98. The maximum Gasteiger partial charge on any atom is 0.328 e. The Bertz CT molecular complexity index is 998. The van der Waals surface area contributed by atoms with Crippen molar-refractivity contribution in [3.05, 3.63) is 68.6 Å². The number of fused-ring (bicyclic) bond motifs is 1. The second kappa shape index (κ2) is 5.53. The molecule has 1 aromatic heterocycles. The Hall–Kier alpha value is -3.22. The van der Waals surface area contributed by atoms with Crippen molar-refractivity contribution in [2.24, 2.45) is 19.1 Å². The lowest BCUT2D eigenvalue weighted by atomic mass is 10.2. The molecule has 0 unspecified atom stereocenters. The first-order valence-electron chi connectivity index (χ1n) is 6.91. The van der Waals surface area contributed by atoms with Crippen LogP contribution in [0.25, 0.3) is 11.0 Å². The molecule has 7 heteroatoms. The van der Waals surface area contributed by atoms with E-state index in [-0.39, 0.29) is 11.4 Å². The number of hydrogen-bond acceptors (Lipinski definition) is 4. The third kappa shape index (κ3) is 2.64. The van der Waals surface area contributed by atoms with Crippen LogP contribution in [0.4, 0.5) is 11.4 Å². The highest BCUT2D eigenvalue weighted by molar-refractivity contribution is 5.85. The average molecular weight is 310 g/mol. The third-order valence-electron chi connectivity index (χ3n) is 3.70. The van der Waals surface area contributed by atoms with Crippen molar-refractivity contribution in [2.45, 2.75) is 0 Å². The number of aryl methyl sites for hydroxylation is 2. The van der Waals surface area contributed by atoms with Gasteiger partial charge in [-0.3, -0.25) is 24.2 Å². The van der Waals surface area contributed by atoms with E-state index in [1.165, 1.54) is 12.1 Å². The van der Waals surface area contributed by atoms with Crippen molar-refractivity contribution in [1.29, 1.82) is 0 Å². The Labute approximate surface area is 131 Å². The zero-order chi connectivity index (χ0) is 16.6. The lowest BCUT2D eigenvalue weighted by molar-refractivity contribution is -0.384. The second-order valence-corrected chi connectivity index (χ2v) is 5.18. The third-order valence-corrected chi connectivity index (χ3v) is 3.70. The fourth-order valence-corrected chi connectivity index (χ4v) is 2.44. The molecule has 0 atom stereocenters. The summed E-state index contributed by atoms with van der Waals surface area (Å²) in [7, 11) is 3.43. The van der Waals surface area contributed by atoms with Crippen LogP contribution in [-0.2, 0) is 14.1 Å². The molecular formula is C16H14N4O3. The molecule has 0 bridgehead atoms. The highest BCUT2D eigenvalue weighted by Crippen LogP contribution is 2.20. The normalized spacial score (nSPS) is 11.4. The van der Waals surface area contributed by atoms with Gasteiger partial charge in [-0.25, -0.2) is 4.79 Å². The molecule has 3 rings (SSSR count). The van der Waals surface area contributed by atoms with Crippen LogP contribution < -0.4 is 5.69 Å². The number of nitro groups is 1. The van der Waals surface area contributed by atoms with E-state index in [9.17, 15) is 14.9 Å². The number of aliphatic imine (C=N–C) groups is 1. The monoisotopic (exact) mass is 310 g/mol. The van der Waals surface area contributed by atoms with E-state index >= 15 is 0 Å². The molecular weight excluding hydrogens is 296 g/mol. The van der Waals surface area contributed by atoms with Crippen molar-refractivity contribution in [3.63, 3.8) is 0 Å². The zero-order valence-electron chi connectivity index (χ0n) is 12.6. The molecule has 0 saturated heterocycles. The summed E-state index contributed by atoms with van der Waals surface area (Å²) >= 11 is 0. The summed E-state index contributed by atoms with van der Waals surface area (Å²) in [6, 6.07) is 11.7. The maximum absolute atomic E-state index is 11.9. The topological polar surface area (TPSA) is 82.4 Å². The van der Waals surface area contributed by atoms with Gasteiger partial charge in [0.05, 0.1) is 21.6 Å². The minimum Gasteiger partial charge on any atom is -0.295 e. The quantitative estimate of drug-likeness (QED) is 0.423. The number of hydrogen-bond donors (Lipinski definition) is 0. The minimum atomic E-state index is -0.441. The molecule has 116 valence electrons. The molecule has 1 heterocycles. The van der Waals surface area contributed by atoms with Gasteiger partial charge in [-0.05, 0) is 23.8 Å². The molecule has 0 radical (unpaired) electrons. The largest absolute Gasteiger partial charge is 0.328 e. The first-order chi connectivity index (χ1) is 11.0. The van der Waals surface area contributed by atoms with Crippen LogP contribution >= 0.6 is 0 Å². The number of rotatable bonds is 3. The van der Waals surface area contributed by atoms with Gasteiger partial charge < -0.3 is 0 Å². The first-order valence-corrected chi connectivity index (χ1v) is 6.91. The summed E-state index contributed by atoms with van der Waals surface area (Å²) in [4.78, 5) is 26.6. The number of nitro benzene ring substituents is 1. The minimum absolute atomic E-state index is 0.0230. The van der Waals surface area contributed by atoms with Crippen LogP contribution in [0, 0.1) is 10.1 Å². The average Bonchev–Trinajstić information content (AvgIpc) is 2.77.